The average molecular weight is 288 g/mol. The van der Waals surface area contributed by atoms with Crippen LogP contribution in [-0.4, -0.2) is 11.0 Å². The monoisotopic (exact) mass is 288 g/mol. The van der Waals surface area contributed by atoms with Crippen LogP contribution >= 0.6 is 12.2 Å². The molecule has 102 valence electrons. The Balaban J connectivity index is 1.98. The number of hydrogen-bond donors (Lipinski definition) is 2. The molecule has 0 atom stereocenters. The minimum absolute atomic E-state index is 0.0104. The van der Waals surface area contributed by atoms with E-state index in [2.05, 4.69) is 10.6 Å². The molecule has 0 saturated heterocycles. The van der Waals surface area contributed by atoms with Gasteiger partial charge in [-0.15, -0.1) is 0 Å². The van der Waals surface area contributed by atoms with Crippen molar-refractivity contribution in [2.45, 2.75) is 19.0 Å². The first kappa shape index (κ1) is 13.8. The molecule has 1 saturated carbocycles. The molecule has 1 fully saturated rings. The molecule has 0 spiro atoms. The number of alkyl halides is 3. The molecule has 0 radical (unpaired) electrons. The van der Waals surface area contributed by atoms with Crippen molar-refractivity contribution < 1.29 is 18.0 Å². The van der Waals surface area contributed by atoms with Crippen LogP contribution < -0.4 is 10.6 Å². The first-order valence-electron chi connectivity index (χ1n) is 5.65. The van der Waals surface area contributed by atoms with Crippen molar-refractivity contribution in [3.63, 3.8) is 0 Å². The summed E-state index contributed by atoms with van der Waals surface area (Å²) in [5.41, 5.74) is -0.579. The fraction of sp³-hybridized carbons (Fsp3) is 0.333. The van der Waals surface area contributed by atoms with Crippen molar-refractivity contribution >= 4 is 28.9 Å². The van der Waals surface area contributed by atoms with Gasteiger partial charge in [0.15, 0.2) is 5.11 Å². The minimum atomic E-state index is -4.41. The highest BCUT2D eigenvalue weighted by molar-refractivity contribution is 7.80. The first-order valence-corrected chi connectivity index (χ1v) is 6.06. The fourth-order valence-corrected chi connectivity index (χ4v) is 1.71. The highest BCUT2D eigenvalue weighted by Gasteiger charge is 2.31. The Morgan fingerprint density at radius 1 is 1.32 bits per heavy atom. The van der Waals surface area contributed by atoms with Crippen molar-refractivity contribution in [2.75, 3.05) is 5.32 Å². The summed E-state index contributed by atoms with van der Waals surface area (Å²) in [6.45, 7) is 0. The second-order valence-corrected chi connectivity index (χ2v) is 4.70. The topological polar surface area (TPSA) is 41.1 Å². The van der Waals surface area contributed by atoms with Crippen molar-refractivity contribution in [3.05, 3.63) is 29.8 Å². The van der Waals surface area contributed by atoms with E-state index in [1.54, 1.807) is 0 Å². The highest BCUT2D eigenvalue weighted by Crippen LogP contribution is 2.31. The van der Waals surface area contributed by atoms with E-state index < -0.39 is 11.7 Å². The number of nitrogens with one attached hydrogen (secondary N) is 2. The van der Waals surface area contributed by atoms with E-state index in [1.165, 1.54) is 12.1 Å². The van der Waals surface area contributed by atoms with Crippen LogP contribution in [0.5, 0.6) is 0 Å². The number of thiocarbonyl (C=S) groups is 1. The number of carbonyl (C=O) groups is 1. The van der Waals surface area contributed by atoms with Crippen molar-refractivity contribution in [1.29, 1.82) is 0 Å². The number of rotatable bonds is 2. The predicted octanol–water partition coefficient (Wildman–Crippen LogP) is 2.93. The maximum Gasteiger partial charge on any atom is 0.416 e. The predicted molar refractivity (Wildman–Crippen MR) is 68.5 cm³/mol. The molecule has 0 unspecified atom stereocenters. The summed E-state index contributed by atoms with van der Waals surface area (Å²) in [6.07, 6.45) is -2.74. The van der Waals surface area contributed by atoms with Crippen LogP contribution in [0.1, 0.15) is 18.4 Å². The zero-order chi connectivity index (χ0) is 14.0. The molecule has 1 amide bonds. The molecule has 1 aliphatic carbocycles. The largest absolute Gasteiger partial charge is 0.416 e. The summed E-state index contributed by atoms with van der Waals surface area (Å²) in [4.78, 5) is 11.4. The summed E-state index contributed by atoms with van der Waals surface area (Å²) in [5, 5.41) is 5.03. The minimum Gasteiger partial charge on any atom is -0.332 e. The van der Waals surface area contributed by atoms with Crippen LogP contribution in [0.15, 0.2) is 24.3 Å². The van der Waals surface area contributed by atoms with Gasteiger partial charge in [-0.05, 0) is 43.3 Å². The third kappa shape index (κ3) is 3.92. The number of halogens is 3. The molecular formula is C12H11F3N2OS. The lowest BCUT2D eigenvalue weighted by Crippen LogP contribution is -2.35. The van der Waals surface area contributed by atoms with Crippen molar-refractivity contribution in [1.82, 2.24) is 5.32 Å². The fourth-order valence-electron chi connectivity index (χ4n) is 1.50. The zero-order valence-corrected chi connectivity index (χ0v) is 10.6. The Morgan fingerprint density at radius 3 is 2.58 bits per heavy atom. The summed E-state index contributed by atoms with van der Waals surface area (Å²) in [5.74, 6) is -0.203. The lowest BCUT2D eigenvalue weighted by Gasteiger charge is -2.11. The lowest BCUT2D eigenvalue weighted by molar-refractivity contribution is -0.137. The molecule has 0 aromatic heterocycles. The van der Waals surface area contributed by atoms with Gasteiger partial charge < -0.3 is 10.6 Å². The van der Waals surface area contributed by atoms with Gasteiger partial charge >= 0.3 is 6.18 Å². The van der Waals surface area contributed by atoms with E-state index in [1.807, 2.05) is 0 Å². The number of carbonyl (C=O) groups excluding carboxylic acids is 1. The lowest BCUT2D eigenvalue weighted by atomic mass is 10.2. The molecule has 2 rings (SSSR count). The Morgan fingerprint density at radius 2 is 2.00 bits per heavy atom. The molecule has 19 heavy (non-hydrogen) atoms. The van der Waals surface area contributed by atoms with Gasteiger partial charge in [0.2, 0.25) is 5.91 Å². The molecule has 2 N–H and O–H groups in total. The summed E-state index contributed by atoms with van der Waals surface area (Å²) >= 11 is 4.87. The van der Waals surface area contributed by atoms with Crippen LogP contribution in [0.4, 0.5) is 18.9 Å². The molecule has 1 aliphatic rings. The van der Waals surface area contributed by atoms with Crippen LogP contribution in [0.3, 0.4) is 0 Å². The maximum atomic E-state index is 12.5. The standard InChI is InChI=1S/C12H11F3N2OS/c13-12(14,15)8-2-1-3-9(6-8)16-11(19)17-10(18)7-4-5-7/h1-3,6-7H,4-5H2,(H2,16,17,18,19). The third-order valence-corrected chi connectivity index (χ3v) is 2.84. The number of anilines is 1. The van der Waals surface area contributed by atoms with Crippen molar-refractivity contribution in [2.24, 2.45) is 5.92 Å². The van der Waals surface area contributed by atoms with Gasteiger partial charge in [0.25, 0.3) is 0 Å². The van der Waals surface area contributed by atoms with E-state index in [0.717, 1.165) is 25.0 Å². The van der Waals surface area contributed by atoms with Crippen LogP contribution in [0, 0.1) is 5.92 Å². The Kier molecular flexibility index (Phi) is 3.75. The Labute approximate surface area is 113 Å². The molecule has 3 nitrogen and oxygen atoms in total. The van der Waals surface area contributed by atoms with E-state index in [4.69, 9.17) is 12.2 Å². The van der Waals surface area contributed by atoms with Gasteiger partial charge in [-0.25, -0.2) is 0 Å². The van der Waals surface area contributed by atoms with Gasteiger partial charge in [0, 0.05) is 11.6 Å². The molecule has 1 aromatic rings. The Hall–Kier alpha value is -1.63. The summed E-state index contributed by atoms with van der Waals surface area (Å²) in [7, 11) is 0. The molecule has 1 aromatic carbocycles. The molecule has 0 bridgehead atoms. The number of hydrogen-bond acceptors (Lipinski definition) is 2. The van der Waals surface area contributed by atoms with Crippen LogP contribution in [-0.2, 0) is 11.0 Å². The second kappa shape index (κ2) is 5.16. The molecular weight excluding hydrogens is 277 g/mol. The maximum absolute atomic E-state index is 12.5. The number of benzene rings is 1. The second-order valence-electron chi connectivity index (χ2n) is 4.30. The van der Waals surface area contributed by atoms with E-state index in [0.29, 0.717) is 0 Å². The summed E-state index contributed by atoms with van der Waals surface area (Å²) < 4.78 is 37.5. The third-order valence-electron chi connectivity index (χ3n) is 2.63. The van der Waals surface area contributed by atoms with Crippen LogP contribution in [0.25, 0.3) is 0 Å². The van der Waals surface area contributed by atoms with Gasteiger partial charge in [-0.1, -0.05) is 6.07 Å². The normalized spacial score (nSPS) is 14.9. The van der Waals surface area contributed by atoms with E-state index in [9.17, 15) is 18.0 Å². The number of amides is 1. The van der Waals surface area contributed by atoms with E-state index in [-0.39, 0.29) is 22.6 Å². The molecule has 0 heterocycles. The zero-order valence-electron chi connectivity index (χ0n) is 9.75. The summed E-state index contributed by atoms with van der Waals surface area (Å²) in [6, 6.07) is 4.63. The molecule has 0 aliphatic heterocycles. The van der Waals surface area contributed by atoms with Gasteiger partial charge in [-0.2, -0.15) is 13.2 Å². The van der Waals surface area contributed by atoms with Crippen LogP contribution in [0.2, 0.25) is 0 Å². The quantitative estimate of drug-likeness (QED) is 0.822. The van der Waals surface area contributed by atoms with Gasteiger partial charge in [0.1, 0.15) is 0 Å². The SMILES string of the molecule is O=C(NC(=S)Nc1cccc(C(F)(F)F)c1)C1CC1. The smallest absolute Gasteiger partial charge is 0.332 e. The highest BCUT2D eigenvalue weighted by atomic mass is 32.1. The van der Waals surface area contributed by atoms with Crippen molar-refractivity contribution in [3.8, 4) is 0 Å². The van der Waals surface area contributed by atoms with E-state index >= 15 is 0 Å². The molecule has 7 heteroatoms. The first-order chi connectivity index (χ1) is 8.86. The average Bonchev–Trinajstić information content (AvgIpc) is 3.11. The van der Waals surface area contributed by atoms with Gasteiger partial charge in [-0.3, -0.25) is 4.79 Å². The Bertz CT molecular complexity index is 512. The van der Waals surface area contributed by atoms with Gasteiger partial charge in [0.05, 0.1) is 5.56 Å².